The molecule has 0 aliphatic carbocycles. The second kappa shape index (κ2) is 29.8. The van der Waals surface area contributed by atoms with Crippen molar-refractivity contribution in [3.63, 3.8) is 0 Å². The van der Waals surface area contributed by atoms with Crippen molar-refractivity contribution < 1.29 is 13.3 Å². The highest BCUT2D eigenvalue weighted by Gasteiger charge is 2.40. The second-order valence-corrected chi connectivity index (χ2v) is 23.4. The zero-order valence-corrected chi connectivity index (χ0v) is 34.3. The average Bonchev–Trinajstić information content (AvgIpc) is 3.47. The lowest BCUT2D eigenvalue weighted by Gasteiger charge is -2.30. The van der Waals surface area contributed by atoms with E-state index in [1.807, 2.05) is 30.4 Å². The van der Waals surface area contributed by atoms with Gasteiger partial charge in [0.1, 0.15) is 0 Å². The fourth-order valence-electron chi connectivity index (χ4n) is 5.01. The first-order valence-corrected chi connectivity index (χ1v) is 26.9. The van der Waals surface area contributed by atoms with E-state index in [-0.39, 0.29) is 0 Å². The van der Waals surface area contributed by atoms with Crippen LogP contribution in [0.1, 0.15) is 143 Å². The molecule has 0 unspecified atom stereocenters. The van der Waals surface area contributed by atoms with Crippen LogP contribution >= 0.6 is 62.4 Å². The van der Waals surface area contributed by atoms with Gasteiger partial charge in [-0.1, -0.05) is 140 Å². The Bertz CT molecular complexity index is 862. The number of thiazole rings is 1. The molecule has 0 bridgehead atoms. The molecule has 0 spiro atoms. The summed E-state index contributed by atoms with van der Waals surface area (Å²) in [4.78, 5) is 4.73. The lowest BCUT2D eigenvalue weighted by Crippen LogP contribution is -2.46. The van der Waals surface area contributed by atoms with Gasteiger partial charge >= 0.3 is 8.80 Å². The maximum atomic E-state index is 6.71. The summed E-state index contributed by atoms with van der Waals surface area (Å²) in [5, 5.41) is 0. The number of hydrogen-bond acceptors (Lipinski definition) is 10. The van der Waals surface area contributed by atoms with Crippen molar-refractivity contribution in [2.45, 2.75) is 153 Å². The van der Waals surface area contributed by atoms with Gasteiger partial charge in [-0.15, -0.1) is 11.3 Å². The van der Waals surface area contributed by atoms with Gasteiger partial charge in [-0.3, -0.25) is 0 Å². The average molecular weight is 752 g/mol. The normalized spacial score (nSPS) is 12.1. The third-order valence-electron chi connectivity index (χ3n) is 7.65. The predicted octanol–water partition coefficient (Wildman–Crippen LogP) is 14.4. The van der Waals surface area contributed by atoms with Crippen LogP contribution in [0.25, 0.3) is 10.2 Å². The smallest absolute Gasteiger partial charge is 0.373 e. The first-order valence-electron chi connectivity index (χ1n) is 17.8. The molecule has 2 aromatic rings. The molecule has 260 valence electrons. The molecule has 1 aromatic carbocycles. The Kier molecular flexibility index (Phi) is 27.9. The van der Waals surface area contributed by atoms with E-state index < -0.39 is 8.80 Å². The van der Waals surface area contributed by atoms with Crippen molar-refractivity contribution in [2.75, 3.05) is 25.6 Å². The first kappa shape index (κ1) is 42.1. The van der Waals surface area contributed by atoms with Gasteiger partial charge in [0.2, 0.25) is 0 Å². The molecule has 0 radical (unpaired) electrons. The van der Waals surface area contributed by atoms with Crippen molar-refractivity contribution in [2.24, 2.45) is 0 Å². The summed E-state index contributed by atoms with van der Waals surface area (Å²) in [7, 11) is 6.51. The highest BCUT2D eigenvalue weighted by molar-refractivity contribution is 9.35. The summed E-state index contributed by atoms with van der Waals surface area (Å²) >= 11 is 1.77. The second-order valence-electron chi connectivity index (χ2n) is 11.7. The molecular weight excluding hydrogens is 691 g/mol. The summed E-state index contributed by atoms with van der Waals surface area (Å²) in [5.74, 6) is 1.08. The van der Waals surface area contributed by atoms with Crippen LogP contribution in [0.2, 0.25) is 6.04 Å². The number of aromatic nitrogens is 1. The Hall–Kier alpha value is 0.957. The molecule has 0 saturated heterocycles. The Morgan fingerprint density at radius 2 is 1.11 bits per heavy atom. The molecule has 4 nitrogen and oxygen atoms in total. The molecule has 1 heterocycles. The third-order valence-corrected chi connectivity index (χ3v) is 20.4. The molecular formula is C34H61NO3S6Si. The summed E-state index contributed by atoms with van der Waals surface area (Å²) in [5.41, 5.74) is 1.10. The molecule has 2 rings (SSSR count). The van der Waals surface area contributed by atoms with Gasteiger partial charge in [-0.05, 0) is 78.1 Å². The largest absolute Gasteiger partial charge is 0.500 e. The van der Waals surface area contributed by atoms with E-state index in [2.05, 4.69) is 45.0 Å². The van der Waals surface area contributed by atoms with Crippen molar-refractivity contribution in [3.05, 3.63) is 24.3 Å². The van der Waals surface area contributed by atoms with Crippen molar-refractivity contribution in [1.82, 2.24) is 4.98 Å². The fourth-order valence-corrected chi connectivity index (χ4v) is 18.0. The number of para-hydroxylation sites is 1. The minimum absolute atomic E-state index is 0.780. The van der Waals surface area contributed by atoms with Crippen LogP contribution in [0, 0.1) is 0 Å². The zero-order chi connectivity index (χ0) is 32.1. The predicted molar refractivity (Wildman–Crippen MR) is 214 cm³/mol. The Labute approximate surface area is 300 Å². The van der Waals surface area contributed by atoms with E-state index in [0.29, 0.717) is 0 Å². The molecule has 0 saturated carbocycles. The standard InChI is InChI=1S/C34H61NO3S6Si/c1-4-7-10-13-16-21-27-36-45(37-28-22-17-14-11-8-5-2,38-29-23-18-15-12-9-6-3)31-24-30-39-42-44-43-41-34-35-32-25-19-20-26-33(32)40-34/h19-20,25-26H,4-18,21-24,27-31H2,1-3H3. The van der Waals surface area contributed by atoms with Gasteiger partial charge in [-0.25, -0.2) is 4.98 Å². The van der Waals surface area contributed by atoms with Gasteiger partial charge < -0.3 is 13.3 Å². The van der Waals surface area contributed by atoms with Crippen LogP contribution in [-0.4, -0.2) is 39.4 Å². The molecule has 0 atom stereocenters. The van der Waals surface area contributed by atoms with Crippen LogP contribution in [-0.2, 0) is 13.3 Å². The fraction of sp³-hybridized carbons (Fsp3) is 0.794. The van der Waals surface area contributed by atoms with E-state index in [1.165, 1.54) is 101 Å². The topological polar surface area (TPSA) is 40.6 Å². The molecule has 0 aliphatic heterocycles. The summed E-state index contributed by atoms with van der Waals surface area (Å²) in [6.07, 6.45) is 24.0. The quantitative estimate of drug-likeness (QED) is 0.0403. The Morgan fingerprint density at radius 1 is 0.600 bits per heavy atom. The number of benzene rings is 1. The van der Waals surface area contributed by atoms with Gasteiger partial charge in [0.05, 0.1) is 10.2 Å². The minimum Gasteiger partial charge on any atom is -0.373 e. The van der Waals surface area contributed by atoms with Crippen molar-refractivity contribution in [3.8, 4) is 0 Å². The molecule has 0 aliphatic rings. The van der Waals surface area contributed by atoms with E-state index in [0.717, 1.165) is 67.2 Å². The SMILES string of the molecule is CCCCCCCCO[Si](CCCSSSSSc1nc2ccccc2s1)(OCCCCCCCC)OCCCCCCCC. The zero-order valence-electron chi connectivity index (χ0n) is 28.4. The van der Waals surface area contributed by atoms with E-state index in [4.69, 9.17) is 18.3 Å². The molecule has 0 N–H and O–H groups in total. The van der Waals surface area contributed by atoms with Gasteiger partial charge in [0, 0.05) is 31.6 Å². The Morgan fingerprint density at radius 3 is 1.64 bits per heavy atom. The number of unbranched alkanes of at least 4 members (excludes halogenated alkanes) is 15. The van der Waals surface area contributed by atoms with Crippen molar-refractivity contribution in [1.29, 1.82) is 0 Å². The minimum atomic E-state index is -2.70. The number of fused-ring (bicyclic) bond motifs is 1. The van der Waals surface area contributed by atoms with Gasteiger partial charge in [0.25, 0.3) is 0 Å². The number of nitrogens with zero attached hydrogens (tertiary/aromatic N) is 1. The molecule has 45 heavy (non-hydrogen) atoms. The van der Waals surface area contributed by atoms with Gasteiger partial charge in [-0.2, -0.15) is 0 Å². The van der Waals surface area contributed by atoms with Crippen LogP contribution in [0.4, 0.5) is 0 Å². The summed E-state index contributed by atoms with van der Waals surface area (Å²) in [6.45, 7) is 9.18. The van der Waals surface area contributed by atoms with Crippen molar-refractivity contribution >= 4 is 81.4 Å². The highest BCUT2D eigenvalue weighted by Crippen LogP contribution is 2.52. The lowest BCUT2D eigenvalue weighted by atomic mass is 10.1. The summed E-state index contributed by atoms with van der Waals surface area (Å²) in [6, 6.07) is 9.31. The van der Waals surface area contributed by atoms with Gasteiger partial charge in [0.15, 0.2) is 4.34 Å². The van der Waals surface area contributed by atoms with E-state index >= 15 is 0 Å². The van der Waals surface area contributed by atoms with Crippen LogP contribution in [0.15, 0.2) is 28.6 Å². The molecule has 0 fully saturated rings. The van der Waals surface area contributed by atoms with E-state index in [1.54, 1.807) is 32.0 Å². The highest BCUT2D eigenvalue weighted by atomic mass is 33.8. The number of rotatable bonds is 33. The van der Waals surface area contributed by atoms with E-state index in [9.17, 15) is 0 Å². The van der Waals surface area contributed by atoms with Crippen LogP contribution in [0.3, 0.4) is 0 Å². The third kappa shape index (κ3) is 21.6. The monoisotopic (exact) mass is 751 g/mol. The molecule has 0 amide bonds. The molecule has 11 heteroatoms. The van der Waals surface area contributed by atoms with Crippen LogP contribution in [0.5, 0.6) is 0 Å². The van der Waals surface area contributed by atoms with Crippen LogP contribution < -0.4 is 0 Å². The lowest BCUT2D eigenvalue weighted by molar-refractivity contribution is 0.0551. The maximum absolute atomic E-state index is 6.71. The summed E-state index contributed by atoms with van der Waals surface area (Å²) < 4.78 is 22.5. The first-order chi connectivity index (χ1) is 22.2. The molecule has 1 aromatic heterocycles. The number of hydrogen-bond donors (Lipinski definition) is 0. The Balaban J connectivity index is 1.80. The maximum Gasteiger partial charge on any atom is 0.500 e.